The molecule has 0 spiro atoms. The largest absolute Gasteiger partial charge is 0.298 e. The Bertz CT molecular complexity index is 1030. The summed E-state index contributed by atoms with van der Waals surface area (Å²) in [6.07, 6.45) is 3.90. The molecule has 2 aliphatic heterocycles. The van der Waals surface area contributed by atoms with Gasteiger partial charge in [0.15, 0.2) is 11.3 Å². The molecule has 0 bridgehead atoms. The Hall–Kier alpha value is -2.25. The van der Waals surface area contributed by atoms with Crippen molar-refractivity contribution in [2.24, 2.45) is 10.1 Å². The van der Waals surface area contributed by atoms with Crippen molar-refractivity contribution in [1.82, 2.24) is 10.3 Å². The van der Waals surface area contributed by atoms with Crippen molar-refractivity contribution in [2.75, 3.05) is 12.0 Å². The number of amidine groups is 1. The fraction of sp³-hybridized carbons (Fsp3) is 0.286. The maximum atomic E-state index is 13.0. The molecular formula is C21H22N4OS2. The van der Waals surface area contributed by atoms with Gasteiger partial charge < -0.3 is 0 Å². The number of nitrogens with one attached hydrogen (secondary N) is 1. The van der Waals surface area contributed by atoms with Crippen LogP contribution in [0.2, 0.25) is 0 Å². The van der Waals surface area contributed by atoms with Gasteiger partial charge >= 0.3 is 0 Å². The predicted octanol–water partition coefficient (Wildman–Crippen LogP) is 3.08. The second-order valence-electron chi connectivity index (χ2n) is 6.55. The highest BCUT2D eigenvalue weighted by molar-refractivity contribution is 8.13. The number of carbonyl (C=O) groups is 1. The Kier molecular flexibility index (Phi) is 5.73. The number of hydrazone groups is 1. The second kappa shape index (κ2) is 8.41. The predicted molar refractivity (Wildman–Crippen MR) is 116 cm³/mol. The highest BCUT2D eigenvalue weighted by atomic mass is 32.2. The Morgan fingerprint density at radius 1 is 1.14 bits per heavy atom. The lowest BCUT2D eigenvalue weighted by Gasteiger charge is -2.34. The summed E-state index contributed by atoms with van der Waals surface area (Å²) in [5.74, 6) is 0.807. The molecule has 5 nitrogen and oxygen atoms in total. The molecule has 0 unspecified atom stereocenters. The highest BCUT2D eigenvalue weighted by Crippen LogP contribution is 2.31. The fourth-order valence-corrected chi connectivity index (χ4v) is 4.54. The van der Waals surface area contributed by atoms with Crippen LogP contribution in [-0.4, -0.2) is 28.1 Å². The Morgan fingerprint density at radius 3 is 2.68 bits per heavy atom. The third-order valence-corrected chi connectivity index (χ3v) is 6.36. The average molecular weight is 411 g/mol. The van der Waals surface area contributed by atoms with E-state index in [1.54, 1.807) is 28.5 Å². The number of nitrogens with zero attached hydrogens (tertiary/aromatic N) is 3. The van der Waals surface area contributed by atoms with Crippen LogP contribution < -0.4 is 15.9 Å². The molecule has 2 aromatic carbocycles. The molecule has 1 N–H and O–H groups in total. The van der Waals surface area contributed by atoms with Gasteiger partial charge in [0.2, 0.25) is 0 Å². The van der Waals surface area contributed by atoms with Gasteiger partial charge in [0.25, 0.3) is 5.91 Å². The first kappa shape index (κ1) is 19.1. The maximum Gasteiger partial charge on any atom is 0.276 e. The molecule has 0 aromatic heterocycles. The first-order chi connectivity index (χ1) is 13.7. The first-order valence-electron chi connectivity index (χ1n) is 9.34. The molecule has 0 saturated heterocycles. The molecule has 0 aliphatic carbocycles. The molecule has 0 fully saturated rings. The molecule has 28 heavy (non-hydrogen) atoms. The molecule has 0 saturated carbocycles. The standard InChI is InChI=1S/C21H22N4OS2/c1-3-4-13-28-21-23-20(26)18-16-7-5-6-8-17(16)22-19(25(18)24-21)14-9-11-15(27-2)12-10-14/h5-12,19H,3-4,13H2,1-2H3,(H,23,24,26)/t19-/m0/s1. The van der Waals surface area contributed by atoms with Gasteiger partial charge in [0.05, 0.1) is 5.36 Å². The van der Waals surface area contributed by atoms with Crippen LogP contribution in [0.3, 0.4) is 0 Å². The minimum atomic E-state index is -0.353. The van der Waals surface area contributed by atoms with E-state index in [4.69, 9.17) is 10.1 Å². The van der Waals surface area contributed by atoms with E-state index < -0.39 is 0 Å². The van der Waals surface area contributed by atoms with Crippen molar-refractivity contribution < 1.29 is 4.79 Å². The topological polar surface area (TPSA) is 57.1 Å². The van der Waals surface area contributed by atoms with Gasteiger partial charge in [-0.05, 0) is 36.4 Å². The lowest BCUT2D eigenvalue weighted by atomic mass is 10.1. The smallest absolute Gasteiger partial charge is 0.276 e. The van der Waals surface area contributed by atoms with Crippen LogP contribution in [-0.2, 0) is 4.79 Å². The van der Waals surface area contributed by atoms with E-state index in [-0.39, 0.29) is 12.1 Å². The quantitative estimate of drug-likeness (QED) is 0.608. The van der Waals surface area contributed by atoms with Crippen molar-refractivity contribution in [3.8, 4) is 0 Å². The van der Waals surface area contributed by atoms with Crippen LogP contribution in [0.1, 0.15) is 31.5 Å². The molecule has 2 aliphatic rings. The number of benzene rings is 2. The molecular weight excluding hydrogens is 388 g/mol. The SMILES string of the molecule is CCCCSC1=NN2C(=c3ccccc3=N[C@@H]2c2ccc(SC)cc2)C(=O)N1. The van der Waals surface area contributed by atoms with Crippen molar-refractivity contribution in [3.63, 3.8) is 0 Å². The highest BCUT2D eigenvalue weighted by Gasteiger charge is 2.34. The van der Waals surface area contributed by atoms with Gasteiger partial charge in [0.1, 0.15) is 5.70 Å². The maximum absolute atomic E-state index is 13.0. The molecule has 0 radical (unpaired) electrons. The van der Waals surface area contributed by atoms with Gasteiger partial charge in [-0.15, -0.1) is 16.9 Å². The van der Waals surface area contributed by atoms with Crippen LogP contribution in [0.4, 0.5) is 0 Å². The van der Waals surface area contributed by atoms with Gasteiger partial charge in [-0.1, -0.05) is 55.4 Å². The number of unbranched alkanes of at least 4 members (excludes halogenated alkanes) is 1. The minimum Gasteiger partial charge on any atom is -0.298 e. The summed E-state index contributed by atoms with van der Waals surface area (Å²) in [7, 11) is 0. The number of carbonyl (C=O) groups excluding carboxylic acids is 1. The van der Waals surface area contributed by atoms with Crippen LogP contribution in [0.25, 0.3) is 5.70 Å². The van der Waals surface area contributed by atoms with Gasteiger partial charge in [0, 0.05) is 15.9 Å². The minimum absolute atomic E-state index is 0.123. The van der Waals surface area contributed by atoms with Gasteiger partial charge in [-0.25, -0.2) is 5.01 Å². The Balaban J connectivity index is 1.81. The summed E-state index contributed by atoms with van der Waals surface area (Å²) in [5, 5.41) is 11.8. The number of fused-ring (bicyclic) bond motifs is 2. The lowest BCUT2D eigenvalue weighted by molar-refractivity contribution is -0.116. The summed E-state index contributed by atoms with van der Waals surface area (Å²) in [6.45, 7) is 2.16. The zero-order chi connectivity index (χ0) is 19.5. The second-order valence-corrected chi connectivity index (χ2v) is 8.51. The van der Waals surface area contributed by atoms with E-state index >= 15 is 0 Å². The summed E-state index contributed by atoms with van der Waals surface area (Å²) in [5.41, 5.74) is 1.57. The number of amides is 1. The van der Waals surface area contributed by atoms with Gasteiger partial charge in [-0.2, -0.15) is 0 Å². The van der Waals surface area contributed by atoms with Crippen molar-refractivity contribution in [3.05, 3.63) is 64.7 Å². The summed E-state index contributed by atoms with van der Waals surface area (Å²) >= 11 is 3.29. The summed E-state index contributed by atoms with van der Waals surface area (Å²) in [4.78, 5) is 19.1. The van der Waals surface area contributed by atoms with E-state index in [1.807, 2.05) is 24.3 Å². The molecule has 1 atom stereocenters. The van der Waals surface area contributed by atoms with E-state index in [2.05, 4.69) is 42.8 Å². The zero-order valence-corrected chi connectivity index (χ0v) is 17.5. The molecule has 2 aromatic rings. The van der Waals surface area contributed by atoms with Crippen LogP contribution in [0, 0.1) is 0 Å². The molecule has 2 heterocycles. The lowest BCUT2D eigenvalue weighted by Crippen LogP contribution is -2.50. The van der Waals surface area contributed by atoms with E-state index in [0.717, 1.165) is 34.7 Å². The number of rotatable bonds is 5. The molecule has 1 amide bonds. The molecule has 144 valence electrons. The monoisotopic (exact) mass is 410 g/mol. The van der Waals surface area contributed by atoms with E-state index in [9.17, 15) is 4.79 Å². The number of hydrogen-bond donors (Lipinski definition) is 1. The van der Waals surface area contributed by atoms with E-state index in [1.165, 1.54) is 4.90 Å². The van der Waals surface area contributed by atoms with Crippen molar-refractivity contribution >= 4 is 40.3 Å². The van der Waals surface area contributed by atoms with Crippen molar-refractivity contribution in [2.45, 2.75) is 30.8 Å². The Labute approximate surface area is 173 Å². The first-order valence-corrected chi connectivity index (χ1v) is 11.6. The fourth-order valence-electron chi connectivity index (χ4n) is 3.20. The summed E-state index contributed by atoms with van der Waals surface area (Å²) in [6, 6.07) is 16.1. The van der Waals surface area contributed by atoms with Crippen LogP contribution in [0.5, 0.6) is 0 Å². The number of para-hydroxylation sites is 1. The zero-order valence-electron chi connectivity index (χ0n) is 15.9. The molecule has 7 heteroatoms. The number of thioether (sulfide) groups is 2. The van der Waals surface area contributed by atoms with Crippen LogP contribution >= 0.6 is 23.5 Å². The summed E-state index contributed by atoms with van der Waals surface area (Å²) < 4.78 is 0. The normalized spacial score (nSPS) is 18.0. The van der Waals surface area contributed by atoms with E-state index in [0.29, 0.717) is 10.9 Å². The number of hydrogen-bond acceptors (Lipinski definition) is 6. The Morgan fingerprint density at radius 2 is 1.93 bits per heavy atom. The molecule has 4 rings (SSSR count). The van der Waals surface area contributed by atoms with Gasteiger partial charge in [-0.3, -0.25) is 15.1 Å². The third kappa shape index (κ3) is 3.69. The van der Waals surface area contributed by atoms with Crippen LogP contribution in [0.15, 0.2) is 63.5 Å². The van der Waals surface area contributed by atoms with Crippen molar-refractivity contribution in [1.29, 1.82) is 0 Å². The average Bonchev–Trinajstić information content (AvgIpc) is 2.73. The third-order valence-electron chi connectivity index (χ3n) is 4.67.